The Labute approximate surface area is 148 Å². The molecule has 1 fully saturated rings. The molecule has 1 N–H and O–H groups in total. The molecule has 0 radical (unpaired) electrons. The Morgan fingerprint density at radius 1 is 1.28 bits per heavy atom. The van der Waals surface area contributed by atoms with Gasteiger partial charge in [-0.05, 0) is 52.7 Å². The first-order valence-corrected chi connectivity index (χ1v) is 8.96. The van der Waals surface area contributed by atoms with Gasteiger partial charge >= 0.3 is 0 Å². The third kappa shape index (κ3) is 3.55. The summed E-state index contributed by atoms with van der Waals surface area (Å²) in [5.74, 6) is 0.162. The maximum atomic E-state index is 13.0. The Morgan fingerprint density at radius 3 is 2.76 bits per heavy atom. The summed E-state index contributed by atoms with van der Waals surface area (Å²) in [6.07, 6.45) is 1.65. The monoisotopic (exact) mass is 342 g/mol. The van der Waals surface area contributed by atoms with Gasteiger partial charge in [0.05, 0.1) is 5.92 Å². The van der Waals surface area contributed by atoms with Gasteiger partial charge in [-0.1, -0.05) is 11.6 Å². The quantitative estimate of drug-likeness (QED) is 0.929. The van der Waals surface area contributed by atoms with Gasteiger partial charge in [0.2, 0.25) is 5.91 Å². The van der Waals surface area contributed by atoms with Crippen LogP contribution in [-0.2, 0) is 4.79 Å². The second kappa shape index (κ2) is 6.90. The number of nitrogens with zero attached hydrogens (tertiary/aromatic N) is 1. The standard InChI is InChI=1S/C20H26N2O3/c1-12(2)21-19(23)15-6-5-9-22(11-15)20(24)18-14(4)16-10-13(3)7-8-17(16)25-18/h7-8,10,12,15H,5-6,9,11H2,1-4H3,(H,21,23)/t15-/m1/s1. The number of piperidine rings is 1. The summed E-state index contributed by atoms with van der Waals surface area (Å²) >= 11 is 0. The number of furan rings is 1. The number of amides is 2. The third-order valence-corrected chi connectivity index (χ3v) is 4.80. The number of benzene rings is 1. The lowest BCUT2D eigenvalue weighted by Gasteiger charge is -2.32. The van der Waals surface area contributed by atoms with Crippen LogP contribution in [0.25, 0.3) is 11.0 Å². The van der Waals surface area contributed by atoms with Crippen LogP contribution in [0.4, 0.5) is 0 Å². The molecule has 5 heteroatoms. The molecule has 0 bridgehead atoms. The number of fused-ring (bicyclic) bond motifs is 1. The molecular weight excluding hydrogens is 316 g/mol. The largest absolute Gasteiger partial charge is 0.451 e. The van der Waals surface area contributed by atoms with Gasteiger partial charge in [0.15, 0.2) is 5.76 Å². The Hall–Kier alpha value is -2.30. The molecule has 25 heavy (non-hydrogen) atoms. The molecule has 1 atom stereocenters. The lowest BCUT2D eigenvalue weighted by atomic mass is 9.96. The number of rotatable bonds is 3. The Kier molecular flexibility index (Phi) is 4.84. The Bertz CT molecular complexity index is 807. The van der Waals surface area contributed by atoms with E-state index in [2.05, 4.69) is 5.32 Å². The first-order chi connectivity index (χ1) is 11.9. The maximum Gasteiger partial charge on any atom is 0.289 e. The van der Waals surface area contributed by atoms with Crippen LogP contribution >= 0.6 is 0 Å². The van der Waals surface area contributed by atoms with Gasteiger partial charge in [-0.2, -0.15) is 0 Å². The van der Waals surface area contributed by atoms with Crippen LogP contribution in [-0.4, -0.2) is 35.8 Å². The van der Waals surface area contributed by atoms with Gasteiger partial charge in [0, 0.05) is 30.1 Å². The lowest BCUT2D eigenvalue weighted by molar-refractivity contribution is -0.126. The average Bonchev–Trinajstić information content (AvgIpc) is 2.90. The van der Waals surface area contributed by atoms with E-state index >= 15 is 0 Å². The van der Waals surface area contributed by atoms with Gasteiger partial charge in [-0.25, -0.2) is 0 Å². The molecule has 2 heterocycles. The molecule has 5 nitrogen and oxygen atoms in total. The van der Waals surface area contributed by atoms with Crippen LogP contribution < -0.4 is 5.32 Å². The van der Waals surface area contributed by atoms with E-state index in [-0.39, 0.29) is 23.8 Å². The zero-order chi connectivity index (χ0) is 18.1. The predicted octanol–water partition coefficient (Wildman–Crippen LogP) is 3.43. The Balaban J connectivity index is 1.81. The van der Waals surface area contributed by atoms with E-state index < -0.39 is 0 Å². The minimum absolute atomic E-state index is 0.0319. The van der Waals surface area contributed by atoms with E-state index in [0.717, 1.165) is 34.9 Å². The number of nitrogens with one attached hydrogen (secondary N) is 1. The Morgan fingerprint density at radius 2 is 2.04 bits per heavy atom. The number of aryl methyl sites for hydroxylation is 2. The molecule has 0 saturated carbocycles. The number of hydrogen-bond donors (Lipinski definition) is 1. The van der Waals surface area contributed by atoms with Crippen LogP contribution in [0.1, 0.15) is 48.4 Å². The first-order valence-electron chi connectivity index (χ1n) is 8.96. The molecule has 3 rings (SSSR count). The number of carbonyl (C=O) groups excluding carboxylic acids is 2. The summed E-state index contributed by atoms with van der Waals surface area (Å²) in [6.45, 7) is 8.96. The SMILES string of the molecule is Cc1ccc2oc(C(=O)N3CCC[C@@H](C(=O)NC(C)C)C3)c(C)c2c1. The molecule has 1 aromatic heterocycles. The fourth-order valence-corrected chi connectivity index (χ4v) is 3.46. The van der Waals surface area contributed by atoms with Crippen molar-refractivity contribution in [2.75, 3.05) is 13.1 Å². The molecule has 1 aliphatic rings. The van der Waals surface area contributed by atoms with Gasteiger partial charge in [-0.3, -0.25) is 9.59 Å². The van der Waals surface area contributed by atoms with Gasteiger partial charge in [-0.15, -0.1) is 0 Å². The molecule has 2 aromatic rings. The normalized spacial score (nSPS) is 18.0. The van der Waals surface area contributed by atoms with E-state index in [0.29, 0.717) is 18.8 Å². The highest BCUT2D eigenvalue weighted by Gasteiger charge is 2.31. The van der Waals surface area contributed by atoms with E-state index in [1.54, 1.807) is 4.90 Å². The van der Waals surface area contributed by atoms with E-state index in [1.165, 1.54) is 0 Å². The van der Waals surface area contributed by atoms with Gasteiger partial charge in [0.1, 0.15) is 5.58 Å². The van der Waals surface area contributed by atoms with Crippen molar-refractivity contribution < 1.29 is 14.0 Å². The number of likely N-dealkylation sites (tertiary alicyclic amines) is 1. The van der Waals surface area contributed by atoms with Crippen molar-refractivity contribution in [3.05, 3.63) is 35.1 Å². The van der Waals surface area contributed by atoms with Crippen LogP contribution in [0, 0.1) is 19.8 Å². The first kappa shape index (κ1) is 17.5. The van der Waals surface area contributed by atoms with Crippen molar-refractivity contribution in [1.29, 1.82) is 0 Å². The summed E-state index contributed by atoms with van der Waals surface area (Å²) in [5, 5.41) is 3.93. The molecule has 2 amide bonds. The van der Waals surface area contributed by atoms with Crippen LogP contribution in [0.5, 0.6) is 0 Å². The molecule has 0 spiro atoms. The smallest absolute Gasteiger partial charge is 0.289 e. The molecule has 1 aliphatic heterocycles. The van der Waals surface area contributed by atoms with Crippen molar-refractivity contribution in [3.8, 4) is 0 Å². The summed E-state index contributed by atoms with van der Waals surface area (Å²) in [5.41, 5.74) is 2.74. The van der Waals surface area contributed by atoms with Crippen LogP contribution in [0.15, 0.2) is 22.6 Å². The van der Waals surface area contributed by atoms with Crippen LogP contribution in [0.2, 0.25) is 0 Å². The lowest BCUT2D eigenvalue weighted by Crippen LogP contribution is -2.46. The highest BCUT2D eigenvalue weighted by atomic mass is 16.3. The van der Waals surface area contributed by atoms with E-state index in [4.69, 9.17) is 4.42 Å². The summed E-state index contributed by atoms with van der Waals surface area (Å²) < 4.78 is 5.84. The molecule has 1 saturated heterocycles. The van der Waals surface area contributed by atoms with E-state index in [9.17, 15) is 9.59 Å². The minimum atomic E-state index is -0.146. The molecular formula is C20H26N2O3. The summed E-state index contributed by atoms with van der Waals surface area (Å²) in [6, 6.07) is 6.04. The second-order valence-electron chi connectivity index (χ2n) is 7.31. The zero-order valence-corrected chi connectivity index (χ0v) is 15.4. The topological polar surface area (TPSA) is 62.6 Å². The van der Waals surface area contributed by atoms with Crippen LogP contribution in [0.3, 0.4) is 0 Å². The van der Waals surface area contributed by atoms with Gasteiger partial charge < -0.3 is 14.6 Å². The zero-order valence-electron chi connectivity index (χ0n) is 15.4. The molecule has 0 unspecified atom stereocenters. The molecule has 1 aromatic carbocycles. The number of carbonyl (C=O) groups is 2. The third-order valence-electron chi connectivity index (χ3n) is 4.80. The summed E-state index contributed by atoms with van der Waals surface area (Å²) in [4.78, 5) is 27.0. The van der Waals surface area contributed by atoms with Gasteiger partial charge in [0.25, 0.3) is 5.91 Å². The maximum absolute atomic E-state index is 13.0. The fraction of sp³-hybridized carbons (Fsp3) is 0.500. The van der Waals surface area contributed by atoms with Crippen molar-refractivity contribution in [1.82, 2.24) is 10.2 Å². The van der Waals surface area contributed by atoms with Crippen molar-refractivity contribution >= 4 is 22.8 Å². The van der Waals surface area contributed by atoms with Crippen molar-refractivity contribution in [3.63, 3.8) is 0 Å². The highest BCUT2D eigenvalue weighted by molar-refractivity contribution is 5.99. The molecule has 0 aliphatic carbocycles. The minimum Gasteiger partial charge on any atom is -0.451 e. The highest BCUT2D eigenvalue weighted by Crippen LogP contribution is 2.28. The predicted molar refractivity (Wildman–Crippen MR) is 97.6 cm³/mol. The molecule has 134 valence electrons. The average molecular weight is 342 g/mol. The van der Waals surface area contributed by atoms with E-state index in [1.807, 2.05) is 45.9 Å². The second-order valence-corrected chi connectivity index (χ2v) is 7.31. The van der Waals surface area contributed by atoms with Crippen molar-refractivity contribution in [2.24, 2.45) is 5.92 Å². The number of hydrogen-bond acceptors (Lipinski definition) is 3. The van der Waals surface area contributed by atoms with Crippen molar-refractivity contribution in [2.45, 2.75) is 46.6 Å². The fourth-order valence-electron chi connectivity index (χ4n) is 3.46. The summed E-state index contributed by atoms with van der Waals surface area (Å²) in [7, 11) is 0.